The Balaban J connectivity index is 2.21. The predicted octanol–water partition coefficient (Wildman–Crippen LogP) is 2.42. The van der Waals surface area contributed by atoms with Crippen LogP contribution in [-0.4, -0.2) is 15.9 Å². The zero-order valence-corrected chi connectivity index (χ0v) is 12.1. The van der Waals surface area contributed by atoms with Gasteiger partial charge in [0.2, 0.25) is 11.9 Å². The van der Waals surface area contributed by atoms with Gasteiger partial charge in [-0.15, -0.1) is 0 Å². The number of benzene rings is 1. The second kappa shape index (κ2) is 6.69. The van der Waals surface area contributed by atoms with Gasteiger partial charge in [-0.3, -0.25) is 14.6 Å². The van der Waals surface area contributed by atoms with Crippen molar-refractivity contribution in [1.29, 1.82) is 0 Å². The lowest BCUT2D eigenvalue weighted by molar-refractivity contribution is -0.114. The molecule has 2 aromatic rings. The molecule has 0 bridgehead atoms. The number of carbonyl (C=O) groups excluding carboxylic acids is 1. The van der Waals surface area contributed by atoms with Gasteiger partial charge < -0.3 is 10.6 Å². The number of anilines is 3. The van der Waals surface area contributed by atoms with E-state index in [0.29, 0.717) is 11.6 Å². The molecule has 1 aromatic heterocycles. The van der Waals surface area contributed by atoms with Gasteiger partial charge in [0.15, 0.2) is 0 Å². The maximum absolute atomic E-state index is 11.6. The number of rotatable bonds is 5. The van der Waals surface area contributed by atoms with E-state index in [1.807, 2.05) is 19.1 Å². The zero-order valence-electron chi connectivity index (χ0n) is 12.1. The Morgan fingerprint density at radius 1 is 1.29 bits per heavy atom. The molecule has 0 fully saturated rings. The van der Waals surface area contributed by atoms with Crippen LogP contribution in [0.1, 0.15) is 26.0 Å². The summed E-state index contributed by atoms with van der Waals surface area (Å²) in [5.41, 5.74) is 1.98. The molecule has 6 nitrogen and oxygen atoms in total. The Morgan fingerprint density at radius 2 is 2.05 bits per heavy atom. The van der Waals surface area contributed by atoms with Crippen LogP contribution in [0.25, 0.3) is 0 Å². The fraction of sp³-hybridized carbons (Fsp3) is 0.267. The number of aryl methyl sites for hydroxylation is 1. The van der Waals surface area contributed by atoms with E-state index in [1.54, 1.807) is 12.1 Å². The van der Waals surface area contributed by atoms with Gasteiger partial charge in [0.25, 0.3) is 5.56 Å². The molecule has 0 unspecified atom stereocenters. The number of aromatic nitrogens is 2. The molecule has 0 aliphatic rings. The van der Waals surface area contributed by atoms with Crippen LogP contribution in [0.15, 0.2) is 35.1 Å². The highest BCUT2D eigenvalue weighted by Crippen LogP contribution is 2.17. The smallest absolute Gasteiger partial charge is 0.252 e. The van der Waals surface area contributed by atoms with Crippen LogP contribution in [0, 0.1) is 0 Å². The van der Waals surface area contributed by atoms with E-state index in [4.69, 9.17) is 0 Å². The second-order valence-corrected chi connectivity index (χ2v) is 4.72. The van der Waals surface area contributed by atoms with Gasteiger partial charge in [-0.1, -0.05) is 19.4 Å². The standard InChI is InChI=1S/C15H18N4O2/c1-3-5-11-9-14(21)19-15(17-11)18-13-7-4-6-12(8-13)16-10(2)20/h4,6-9H,3,5H2,1-2H3,(H,16,20)(H2,17,18,19,21). The van der Waals surface area contributed by atoms with E-state index in [-0.39, 0.29) is 11.5 Å². The molecule has 0 atom stereocenters. The van der Waals surface area contributed by atoms with Gasteiger partial charge in [-0.25, -0.2) is 4.98 Å². The molecule has 2 rings (SSSR count). The summed E-state index contributed by atoms with van der Waals surface area (Å²) in [5, 5.41) is 5.74. The van der Waals surface area contributed by atoms with Gasteiger partial charge in [0, 0.05) is 30.1 Å². The summed E-state index contributed by atoms with van der Waals surface area (Å²) in [6.45, 7) is 3.49. The second-order valence-electron chi connectivity index (χ2n) is 4.72. The maximum atomic E-state index is 11.6. The largest absolute Gasteiger partial charge is 0.326 e. The molecule has 1 amide bonds. The molecule has 1 aromatic carbocycles. The van der Waals surface area contributed by atoms with Crippen molar-refractivity contribution in [1.82, 2.24) is 9.97 Å². The molecular formula is C15H18N4O2. The van der Waals surface area contributed by atoms with Gasteiger partial charge in [-0.05, 0) is 24.6 Å². The van der Waals surface area contributed by atoms with E-state index >= 15 is 0 Å². The van der Waals surface area contributed by atoms with Gasteiger partial charge in [0.1, 0.15) is 0 Å². The zero-order chi connectivity index (χ0) is 15.2. The fourth-order valence-corrected chi connectivity index (χ4v) is 1.97. The van der Waals surface area contributed by atoms with Crippen LogP contribution < -0.4 is 16.2 Å². The van der Waals surface area contributed by atoms with Crippen LogP contribution in [0.5, 0.6) is 0 Å². The summed E-state index contributed by atoms with van der Waals surface area (Å²) >= 11 is 0. The third-order valence-electron chi connectivity index (χ3n) is 2.75. The lowest BCUT2D eigenvalue weighted by Crippen LogP contribution is -2.12. The van der Waals surface area contributed by atoms with Crippen LogP contribution in [0.4, 0.5) is 17.3 Å². The van der Waals surface area contributed by atoms with Crippen LogP contribution >= 0.6 is 0 Å². The monoisotopic (exact) mass is 286 g/mol. The summed E-state index contributed by atoms with van der Waals surface area (Å²) in [4.78, 5) is 29.7. The van der Waals surface area contributed by atoms with Gasteiger partial charge in [0.05, 0.1) is 0 Å². The highest BCUT2D eigenvalue weighted by atomic mass is 16.1. The molecule has 0 aliphatic heterocycles. The third-order valence-corrected chi connectivity index (χ3v) is 2.75. The first kappa shape index (κ1) is 14.8. The average molecular weight is 286 g/mol. The van der Waals surface area contributed by atoms with Gasteiger partial charge in [-0.2, -0.15) is 0 Å². The Morgan fingerprint density at radius 3 is 2.76 bits per heavy atom. The number of amides is 1. The van der Waals surface area contributed by atoms with Crippen molar-refractivity contribution in [2.24, 2.45) is 0 Å². The normalized spacial score (nSPS) is 10.2. The van der Waals surface area contributed by atoms with E-state index in [9.17, 15) is 9.59 Å². The van der Waals surface area contributed by atoms with Crippen molar-refractivity contribution >= 4 is 23.2 Å². The molecule has 0 saturated carbocycles. The minimum Gasteiger partial charge on any atom is -0.326 e. The number of carbonyl (C=O) groups is 1. The van der Waals surface area contributed by atoms with Crippen LogP contribution in [0.2, 0.25) is 0 Å². The quantitative estimate of drug-likeness (QED) is 0.787. The number of nitrogens with zero attached hydrogens (tertiary/aromatic N) is 1. The van der Waals surface area contributed by atoms with Gasteiger partial charge >= 0.3 is 0 Å². The fourth-order valence-electron chi connectivity index (χ4n) is 1.97. The Hall–Kier alpha value is -2.63. The van der Waals surface area contributed by atoms with Crippen LogP contribution in [-0.2, 0) is 11.2 Å². The number of hydrogen-bond donors (Lipinski definition) is 3. The maximum Gasteiger partial charge on any atom is 0.252 e. The summed E-state index contributed by atoms with van der Waals surface area (Å²) in [7, 11) is 0. The van der Waals surface area contributed by atoms with Crippen molar-refractivity contribution in [3.63, 3.8) is 0 Å². The first-order chi connectivity index (χ1) is 10.1. The molecule has 21 heavy (non-hydrogen) atoms. The van der Waals surface area contributed by atoms with E-state index < -0.39 is 0 Å². The first-order valence-corrected chi connectivity index (χ1v) is 6.81. The predicted molar refractivity (Wildman–Crippen MR) is 82.9 cm³/mol. The Labute approximate surface area is 122 Å². The van der Waals surface area contributed by atoms with Crippen molar-refractivity contribution in [2.45, 2.75) is 26.7 Å². The molecule has 0 spiro atoms. The van der Waals surface area contributed by atoms with E-state index in [2.05, 4.69) is 20.6 Å². The third kappa shape index (κ3) is 4.45. The molecule has 3 N–H and O–H groups in total. The number of H-pyrrole nitrogens is 1. The minimum absolute atomic E-state index is 0.136. The average Bonchev–Trinajstić information content (AvgIpc) is 2.37. The molecule has 0 radical (unpaired) electrons. The van der Waals surface area contributed by atoms with Crippen molar-refractivity contribution in [3.05, 3.63) is 46.4 Å². The molecule has 6 heteroatoms. The van der Waals surface area contributed by atoms with E-state index in [1.165, 1.54) is 13.0 Å². The van der Waals surface area contributed by atoms with Crippen molar-refractivity contribution in [2.75, 3.05) is 10.6 Å². The topological polar surface area (TPSA) is 86.9 Å². The number of nitrogens with one attached hydrogen (secondary N) is 3. The lowest BCUT2D eigenvalue weighted by atomic mass is 10.2. The van der Waals surface area contributed by atoms with Crippen molar-refractivity contribution < 1.29 is 4.79 Å². The molecule has 0 aliphatic carbocycles. The Bertz CT molecular complexity index is 694. The molecular weight excluding hydrogens is 268 g/mol. The van der Waals surface area contributed by atoms with Crippen molar-refractivity contribution in [3.8, 4) is 0 Å². The van der Waals surface area contributed by atoms with Crippen LogP contribution in [0.3, 0.4) is 0 Å². The highest BCUT2D eigenvalue weighted by Gasteiger charge is 2.03. The summed E-state index contributed by atoms with van der Waals surface area (Å²) in [5.74, 6) is 0.259. The first-order valence-electron chi connectivity index (χ1n) is 6.81. The number of aromatic amines is 1. The Kier molecular flexibility index (Phi) is 4.71. The SMILES string of the molecule is CCCc1cc(=O)[nH]c(Nc2cccc(NC(C)=O)c2)n1. The lowest BCUT2D eigenvalue weighted by Gasteiger charge is -2.08. The van der Waals surface area contributed by atoms with E-state index in [0.717, 1.165) is 24.2 Å². The highest BCUT2D eigenvalue weighted by molar-refractivity contribution is 5.89. The molecule has 110 valence electrons. The number of hydrogen-bond acceptors (Lipinski definition) is 4. The summed E-state index contributed by atoms with van der Waals surface area (Å²) < 4.78 is 0. The minimum atomic E-state index is -0.186. The molecule has 1 heterocycles. The summed E-state index contributed by atoms with van der Waals surface area (Å²) in [6, 6.07) is 8.70. The summed E-state index contributed by atoms with van der Waals surface area (Å²) in [6.07, 6.45) is 1.68. The molecule has 0 saturated heterocycles.